The van der Waals surface area contributed by atoms with Crippen LogP contribution >= 0.6 is 0 Å². The molecule has 0 radical (unpaired) electrons. The highest BCUT2D eigenvalue weighted by Crippen LogP contribution is 2.21. The number of hydrogen-bond donors (Lipinski definition) is 3. The summed E-state index contributed by atoms with van der Waals surface area (Å²) in [6.07, 6.45) is 1.34. The van der Waals surface area contributed by atoms with E-state index in [1.54, 1.807) is 0 Å². The average molecular weight is 363 g/mol. The highest BCUT2D eigenvalue weighted by atomic mass is 16.2. The first kappa shape index (κ1) is 18.7. The van der Waals surface area contributed by atoms with Gasteiger partial charge in [-0.3, -0.25) is 9.59 Å². The number of hydrogen-bond acceptors (Lipinski definition) is 2. The molecule has 0 bridgehead atoms. The van der Waals surface area contributed by atoms with Crippen molar-refractivity contribution in [3.8, 4) is 0 Å². The summed E-state index contributed by atoms with van der Waals surface area (Å²) in [6.45, 7) is 6.49. The minimum Gasteiger partial charge on any atom is -0.351 e. The lowest BCUT2D eigenvalue weighted by atomic mass is 10.1. The number of nitrogens with one attached hydrogen (secondary N) is 3. The molecular weight excluding hydrogens is 338 g/mol. The van der Waals surface area contributed by atoms with Crippen molar-refractivity contribution >= 4 is 28.4 Å². The molecule has 0 unspecified atom stereocenters. The van der Waals surface area contributed by atoms with Gasteiger partial charge < -0.3 is 15.6 Å². The highest BCUT2D eigenvalue weighted by Gasteiger charge is 2.11. The molecule has 140 valence electrons. The van der Waals surface area contributed by atoms with E-state index < -0.39 is 0 Å². The normalized spacial score (nSPS) is 10.8. The van der Waals surface area contributed by atoms with Gasteiger partial charge in [-0.05, 0) is 61.2 Å². The zero-order valence-corrected chi connectivity index (χ0v) is 16.0. The average Bonchev–Trinajstić information content (AvgIpc) is 3.05. The number of aromatic nitrogens is 1. The molecule has 27 heavy (non-hydrogen) atoms. The molecular formula is C22H25N3O2. The molecule has 0 fully saturated rings. The number of aromatic amines is 1. The van der Waals surface area contributed by atoms with Gasteiger partial charge in [0.2, 0.25) is 5.91 Å². The first-order valence-corrected chi connectivity index (χ1v) is 9.23. The summed E-state index contributed by atoms with van der Waals surface area (Å²) in [5, 5.41) is 6.85. The SMILES string of the molecule is CCCC(=O)Nc1ccc(CNC(=O)c2cc3c(C)cc(C)cc3[nH]2)cc1. The Morgan fingerprint density at radius 3 is 2.48 bits per heavy atom. The number of carbonyl (C=O) groups excluding carboxylic acids is 2. The third kappa shape index (κ3) is 4.56. The molecule has 0 aliphatic rings. The predicted molar refractivity (Wildman–Crippen MR) is 109 cm³/mol. The van der Waals surface area contributed by atoms with Gasteiger partial charge in [0.1, 0.15) is 5.69 Å². The second-order valence-corrected chi connectivity index (χ2v) is 6.90. The van der Waals surface area contributed by atoms with Crippen molar-refractivity contribution in [3.63, 3.8) is 0 Å². The maximum Gasteiger partial charge on any atom is 0.267 e. The topological polar surface area (TPSA) is 74.0 Å². The monoisotopic (exact) mass is 363 g/mol. The molecule has 0 aliphatic heterocycles. The summed E-state index contributed by atoms with van der Waals surface area (Å²) in [4.78, 5) is 27.3. The van der Waals surface area contributed by atoms with Crippen LogP contribution in [0.3, 0.4) is 0 Å². The summed E-state index contributed by atoms with van der Waals surface area (Å²) < 4.78 is 0. The van der Waals surface area contributed by atoms with Gasteiger partial charge in [-0.25, -0.2) is 0 Å². The lowest BCUT2D eigenvalue weighted by Gasteiger charge is -2.07. The van der Waals surface area contributed by atoms with Crippen LogP contribution in [-0.2, 0) is 11.3 Å². The Balaban J connectivity index is 1.62. The number of aryl methyl sites for hydroxylation is 2. The van der Waals surface area contributed by atoms with Crippen LogP contribution in [0.1, 0.15) is 46.9 Å². The molecule has 0 spiro atoms. The molecule has 0 atom stereocenters. The van der Waals surface area contributed by atoms with Crippen molar-refractivity contribution in [2.24, 2.45) is 0 Å². The minimum atomic E-state index is -0.136. The first-order chi connectivity index (χ1) is 13.0. The largest absolute Gasteiger partial charge is 0.351 e. The van der Waals surface area contributed by atoms with Crippen LogP contribution in [0, 0.1) is 13.8 Å². The summed E-state index contributed by atoms with van der Waals surface area (Å²) >= 11 is 0. The molecule has 1 aromatic heterocycles. The molecule has 0 saturated carbocycles. The van der Waals surface area contributed by atoms with E-state index in [1.807, 2.05) is 57.2 Å². The number of amides is 2. The summed E-state index contributed by atoms with van der Waals surface area (Å²) in [5.74, 6) is -0.119. The van der Waals surface area contributed by atoms with Crippen LogP contribution in [-0.4, -0.2) is 16.8 Å². The Bertz CT molecular complexity index is 971. The van der Waals surface area contributed by atoms with Gasteiger partial charge in [-0.15, -0.1) is 0 Å². The molecule has 0 saturated heterocycles. The van der Waals surface area contributed by atoms with Crippen molar-refractivity contribution in [2.75, 3.05) is 5.32 Å². The van der Waals surface area contributed by atoms with Crippen LogP contribution in [0.15, 0.2) is 42.5 Å². The van der Waals surface area contributed by atoms with Crippen LogP contribution < -0.4 is 10.6 Å². The van der Waals surface area contributed by atoms with E-state index in [4.69, 9.17) is 0 Å². The Morgan fingerprint density at radius 2 is 1.78 bits per heavy atom. The summed E-state index contributed by atoms with van der Waals surface area (Å²) in [6, 6.07) is 13.6. The first-order valence-electron chi connectivity index (χ1n) is 9.23. The third-order valence-electron chi connectivity index (χ3n) is 4.50. The fraction of sp³-hybridized carbons (Fsp3) is 0.273. The Kier molecular flexibility index (Phi) is 5.60. The van der Waals surface area contributed by atoms with Gasteiger partial charge in [-0.1, -0.05) is 25.1 Å². The van der Waals surface area contributed by atoms with Crippen LogP contribution in [0.5, 0.6) is 0 Å². The fourth-order valence-corrected chi connectivity index (χ4v) is 3.16. The number of carbonyl (C=O) groups is 2. The van der Waals surface area contributed by atoms with Crippen molar-refractivity contribution in [2.45, 2.75) is 40.2 Å². The number of anilines is 1. The van der Waals surface area contributed by atoms with Gasteiger partial charge in [0, 0.05) is 29.6 Å². The Morgan fingerprint density at radius 1 is 1.04 bits per heavy atom. The number of fused-ring (bicyclic) bond motifs is 1. The van der Waals surface area contributed by atoms with Gasteiger partial charge in [0.25, 0.3) is 5.91 Å². The maximum atomic E-state index is 12.5. The third-order valence-corrected chi connectivity index (χ3v) is 4.50. The van der Waals surface area contributed by atoms with Crippen LogP contribution in [0.2, 0.25) is 0 Å². The van der Waals surface area contributed by atoms with E-state index in [0.29, 0.717) is 18.7 Å². The van der Waals surface area contributed by atoms with E-state index >= 15 is 0 Å². The van der Waals surface area contributed by atoms with Gasteiger partial charge in [0.05, 0.1) is 0 Å². The molecule has 5 nitrogen and oxygen atoms in total. The van der Waals surface area contributed by atoms with Crippen LogP contribution in [0.4, 0.5) is 5.69 Å². The van der Waals surface area contributed by atoms with E-state index in [2.05, 4.69) is 21.7 Å². The quantitative estimate of drug-likeness (QED) is 0.605. The zero-order valence-electron chi connectivity index (χ0n) is 16.0. The number of H-pyrrole nitrogens is 1. The molecule has 3 aromatic rings. The molecule has 1 heterocycles. The van der Waals surface area contributed by atoms with Crippen molar-refractivity contribution in [1.29, 1.82) is 0 Å². The van der Waals surface area contributed by atoms with Crippen molar-refractivity contribution in [1.82, 2.24) is 10.3 Å². The molecule has 2 amide bonds. The van der Waals surface area contributed by atoms with Gasteiger partial charge >= 0.3 is 0 Å². The second-order valence-electron chi connectivity index (χ2n) is 6.90. The maximum absolute atomic E-state index is 12.5. The van der Waals surface area contributed by atoms with E-state index in [1.165, 1.54) is 5.56 Å². The Hall–Kier alpha value is -3.08. The molecule has 5 heteroatoms. The van der Waals surface area contributed by atoms with Gasteiger partial charge in [0.15, 0.2) is 0 Å². The standard InChI is InChI=1S/C22H25N3O2/c1-4-5-21(26)24-17-8-6-16(7-9-17)13-23-22(27)20-12-18-15(3)10-14(2)11-19(18)25-20/h6-12,25H,4-5,13H2,1-3H3,(H,23,27)(H,24,26). The summed E-state index contributed by atoms with van der Waals surface area (Å²) in [5.41, 5.74) is 5.60. The molecule has 3 rings (SSSR count). The highest BCUT2D eigenvalue weighted by molar-refractivity contribution is 5.99. The molecule has 2 aromatic carbocycles. The van der Waals surface area contributed by atoms with E-state index in [-0.39, 0.29) is 11.8 Å². The smallest absolute Gasteiger partial charge is 0.267 e. The minimum absolute atomic E-state index is 0.0166. The van der Waals surface area contributed by atoms with Crippen molar-refractivity contribution < 1.29 is 9.59 Å². The fourth-order valence-electron chi connectivity index (χ4n) is 3.16. The summed E-state index contributed by atoms with van der Waals surface area (Å²) in [7, 11) is 0. The lowest BCUT2D eigenvalue weighted by molar-refractivity contribution is -0.116. The second kappa shape index (κ2) is 8.08. The number of benzene rings is 2. The molecule has 0 aliphatic carbocycles. The van der Waals surface area contributed by atoms with E-state index in [0.717, 1.165) is 34.1 Å². The van der Waals surface area contributed by atoms with Gasteiger partial charge in [-0.2, -0.15) is 0 Å². The number of rotatable bonds is 6. The predicted octanol–water partition coefficient (Wildman–Crippen LogP) is 4.45. The van der Waals surface area contributed by atoms with Crippen LogP contribution in [0.25, 0.3) is 10.9 Å². The lowest BCUT2D eigenvalue weighted by Crippen LogP contribution is -2.23. The zero-order chi connectivity index (χ0) is 19.4. The molecule has 3 N–H and O–H groups in total. The Labute approximate surface area is 159 Å². The van der Waals surface area contributed by atoms with E-state index in [9.17, 15) is 9.59 Å². The van der Waals surface area contributed by atoms with Crippen molar-refractivity contribution in [3.05, 3.63) is 64.8 Å².